The van der Waals surface area contributed by atoms with Gasteiger partial charge in [0.1, 0.15) is 5.75 Å². The number of nitrogens with zero attached hydrogens (tertiary/aromatic N) is 2. The smallest absolute Gasteiger partial charge is 0.174 e. The van der Waals surface area contributed by atoms with Crippen molar-refractivity contribution >= 4 is 34.4 Å². The quantitative estimate of drug-likeness (QED) is 0.570. The van der Waals surface area contributed by atoms with Gasteiger partial charge in [-0.05, 0) is 81.5 Å². The van der Waals surface area contributed by atoms with Gasteiger partial charge in [0.25, 0.3) is 0 Å². The third-order valence-electron chi connectivity index (χ3n) is 4.64. The van der Waals surface area contributed by atoms with Gasteiger partial charge in [-0.2, -0.15) is 0 Å². The van der Waals surface area contributed by atoms with Crippen LogP contribution in [0.5, 0.6) is 5.75 Å². The number of aromatic nitrogens is 1. The number of nitrogens with one attached hydrogen (secondary N) is 1. The van der Waals surface area contributed by atoms with Crippen LogP contribution in [-0.2, 0) is 0 Å². The lowest BCUT2D eigenvalue weighted by Gasteiger charge is -2.27. The summed E-state index contributed by atoms with van der Waals surface area (Å²) in [5.41, 5.74) is 2.03. The number of hydrogen-bond donors (Lipinski definition) is 1. The average molecular weight is 410 g/mol. The fraction of sp³-hybridized carbons (Fsp3) is 0.273. The molecule has 0 unspecified atom stereocenters. The van der Waals surface area contributed by atoms with E-state index in [1.54, 1.807) is 11.3 Å². The van der Waals surface area contributed by atoms with Crippen molar-refractivity contribution in [3.05, 3.63) is 76.2 Å². The van der Waals surface area contributed by atoms with Crippen LogP contribution in [-0.4, -0.2) is 16.2 Å². The van der Waals surface area contributed by atoms with Crippen LogP contribution in [0.15, 0.2) is 60.8 Å². The van der Waals surface area contributed by atoms with Crippen LogP contribution >= 0.6 is 23.6 Å². The van der Waals surface area contributed by atoms with E-state index in [1.165, 1.54) is 9.75 Å². The number of pyridine rings is 1. The summed E-state index contributed by atoms with van der Waals surface area (Å²) in [4.78, 5) is 9.33. The maximum Gasteiger partial charge on any atom is 0.174 e. The Bertz CT molecular complexity index is 953. The Morgan fingerprint density at radius 3 is 2.50 bits per heavy atom. The minimum Gasteiger partial charge on any atom is -0.491 e. The minimum absolute atomic E-state index is 0.00154. The highest BCUT2D eigenvalue weighted by Gasteiger charge is 2.41. The van der Waals surface area contributed by atoms with Crippen LogP contribution in [0.25, 0.3) is 0 Å². The van der Waals surface area contributed by atoms with Crippen molar-refractivity contribution in [2.24, 2.45) is 0 Å². The van der Waals surface area contributed by atoms with Crippen LogP contribution in [0.2, 0.25) is 0 Å². The monoisotopic (exact) mass is 409 g/mol. The number of thiophene rings is 1. The average Bonchev–Trinajstić information content (AvgIpc) is 3.26. The highest BCUT2D eigenvalue weighted by Crippen LogP contribution is 2.43. The van der Waals surface area contributed by atoms with E-state index in [0.29, 0.717) is 5.11 Å². The molecule has 3 heterocycles. The predicted octanol–water partition coefficient (Wildman–Crippen LogP) is 5.42. The summed E-state index contributed by atoms with van der Waals surface area (Å²) in [6.45, 7) is 6.19. The Morgan fingerprint density at radius 1 is 1.11 bits per heavy atom. The Labute approximate surface area is 175 Å². The topological polar surface area (TPSA) is 37.4 Å². The van der Waals surface area contributed by atoms with Gasteiger partial charge in [0.05, 0.1) is 23.9 Å². The van der Waals surface area contributed by atoms with Crippen molar-refractivity contribution in [3.63, 3.8) is 0 Å². The summed E-state index contributed by atoms with van der Waals surface area (Å²) in [5.74, 6) is 0.863. The first-order valence-corrected chi connectivity index (χ1v) is 10.6. The lowest BCUT2D eigenvalue weighted by Crippen LogP contribution is -2.29. The molecule has 28 heavy (non-hydrogen) atoms. The minimum atomic E-state index is -0.00154. The van der Waals surface area contributed by atoms with Gasteiger partial charge in [-0.25, -0.2) is 0 Å². The number of rotatable bonds is 5. The molecule has 0 bridgehead atoms. The molecule has 0 saturated carbocycles. The SMILES string of the molecule is Cc1ccc([C@@H]2[C@@H](c3ccccn3)NC(=S)N2c2ccc(OC(C)C)cc2)s1. The summed E-state index contributed by atoms with van der Waals surface area (Å²) < 4.78 is 5.79. The Hall–Kier alpha value is -2.44. The maximum absolute atomic E-state index is 5.79. The van der Waals surface area contributed by atoms with E-state index >= 15 is 0 Å². The molecule has 1 N–H and O–H groups in total. The molecular weight excluding hydrogens is 386 g/mol. The van der Waals surface area contributed by atoms with E-state index in [9.17, 15) is 0 Å². The molecule has 4 nitrogen and oxygen atoms in total. The first-order valence-electron chi connectivity index (χ1n) is 9.36. The van der Waals surface area contributed by atoms with E-state index in [4.69, 9.17) is 17.0 Å². The summed E-state index contributed by atoms with van der Waals surface area (Å²) >= 11 is 7.55. The lowest BCUT2D eigenvalue weighted by atomic mass is 10.0. The molecule has 4 rings (SSSR count). The molecule has 1 aliphatic rings. The molecule has 0 radical (unpaired) electrons. The van der Waals surface area contributed by atoms with Gasteiger partial charge >= 0.3 is 0 Å². The first kappa shape index (κ1) is 18.9. The Morgan fingerprint density at radius 2 is 1.89 bits per heavy atom. The summed E-state index contributed by atoms with van der Waals surface area (Å²) in [5, 5.41) is 4.21. The Balaban J connectivity index is 1.73. The number of hydrogen-bond acceptors (Lipinski definition) is 4. The van der Waals surface area contributed by atoms with Gasteiger partial charge in [-0.15, -0.1) is 11.3 Å². The third-order valence-corrected chi connectivity index (χ3v) is 6.02. The molecule has 1 fully saturated rings. The predicted molar refractivity (Wildman–Crippen MR) is 119 cm³/mol. The molecule has 3 aromatic rings. The number of aryl methyl sites for hydroxylation is 1. The zero-order valence-corrected chi connectivity index (χ0v) is 17.8. The van der Waals surface area contributed by atoms with Crippen LogP contribution in [0.4, 0.5) is 5.69 Å². The standard InChI is InChI=1S/C22H23N3OS2/c1-14(2)26-17-10-8-16(9-11-17)25-21(19-12-7-15(3)28-19)20(24-22(25)27)18-6-4-5-13-23-18/h4-14,20-21H,1-3H3,(H,24,27)/t20-,21-/m1/s1. The van der Waals surface area contributed by atoms with Crippen LogP contribution in [0, 0.1) is 6.92 Å². The van der Waals surface area contributed by atoms with Gasteiger partial charge in [-0.1, -0.05) is 6.07 Å². The molecule has 1 aromatic carbocycles. The number of benzene rings is 1. The lowest BCUT2D eigenvalue weighted by molar-refractivity contribution is 0.242. The number of thiocarbonyl (C=S) groups is 1. The van der Waals surface area contributed by atoms with Crippen molar-refractivity contribution in [2.45, 2.75) is 39.0 Å². The van der Waals surface area contributed by atoms with E-state index in [1.807, 2.05) is 44.3 Å². The molecule has 2 atom stereocenters. The Kier molecular flexibility index (Phi) is 5.33. The van der Waals surface area contributed by atoms with E-state index < -0.39 is 0 Å². The molecule has 1 aliphatic heterocycles. The van der Waals surface area contributed by atoms with Gasteiger partial charge in [0.15, 0.2) is 5.11 Å². The summed E-state index contributed by atoms with van der Waals surface area (Å²) in [7, 11) is 0. The fourth-order valence-electron chi connectivity index (χ4n) is 3.49. The zero-order chi connectivity index (χ0) is 19.7. The van der Waals surface area contributed by atoms with Crippen LogP contribution < -0.4 is 15.0 Å². The van der Waals surface area contributed by atoms with E-state index in [0.717, 1.165) is 17.1 Å². The van der Waals surface area contributed by atoms with Gasteiger partial charge in [0.2, 0.25) is 0 Å². The van der Waals surface area contributed by atoms with Crippen molar-refractivity contribution in [3.8, 4) is 5.75 Å². The molecule has 0 aliphatic carbocycles. The molecule has 6 heteroatoms. The molecule has 2 aromatic heterocycles. The fourth-order valence-corrected chi connectivity index (χ4v) is 4.84. The molecule has 144 valence electrons. The van der Waals surface area contributed by atoms with Gasteiger partial charge < -0.3 is 15.0 Å². The highest BCUT2D eigenvalue weighted by molar-refractivity contribution is 7.80. The molecule has 0 spiro atoms. The number of ether oxygens (including phenoxy) is 1. The van der Waals surface area contributed by atoms with E-state index in [-0.39, 0.29) is 18.2 Å². The second kappa shape index (κ2) is 7.89. The molecule has 1 saturated heterocycles. The second-order valence-corrected chi connectivity index (χ2v) is 8.81. The second-order valence-electron chi connectivity index (χ2n) is 7.11. The summed E-state index contributed by atoms with van der Waals surface area (Å²) in [6, 6.07) is 18.6. The van der Waals surface area contributed by atoms with Gasteiger partial charge in [0, 0.05) is 21.6 Å². The molecular formula is C22H23N3OS2. The van der Waals surface area contributed by atoms with Crippen molar-refractivity contribution in [1.29, 1.82) is 0 Å². The highest BCUT2D eigenvalue weighted by atomic mass is 32.1. The maximum atomic E-state index is 5.79. The molecule has 0 amide bonds. The third kappa shape index (κ3) is 3.75. The summed E-state index contributed by atoms with van der Waals surface area (Å²) in [6.07, 6.45) is 1.98. The zero-order valence-electron chi connectivity index (χ0n) is 16.1. The van der Waals surface area contributed by atoms with E-state index in [2.05, 4.69) is 52.5 Å². The van der Waals surface area contributed by atoms with Gasteiger partial charge in [-0.3, -0.25) is 4.98 Å². The van der Waals surface area contributed by atoms with Crippen LogP contribution in [0.3, 0.4) is 0 Å². The van der Waals surface area contributed by atoms with Crippen molar-refractivity contribution in [2.75, 3.05) is 4.90 Å². The normalized spacial score (nSPS) is 19.1. The van der Waals surface area contributed by atoms with Crippen LogP contribution in [0.1, 0.15) is 41.4 Å². The largest absolute Gasteiger partial charge is 0.491 e. The number of anilines is 1. The van der Waals surface area contributed by atoms with Crippen molar-refractivity contribution in [1.82, 2.24) is 10.3 Å². The first-order chi connectivity index (χ1) is 13.5. The van der Waals surface area contributed by atoms with Crippen molar-refractivity contribution < 1.29 is 4.74 Å².